The maximum atomic E-state index is 9.04. The smallest absolute Gasteiger partial charge is 0.148 e. The molecule has 0 aliphatic carbocycles. The third-order valence-corrected chi connectivity index (χ3v) is 6.80. The standard InChI is InChI=1S/6C7H7NO2.2C2H6O2.4C2H6O.6Mn.2H2O/c6*9-7-4-2-1-3-6(7)5-8-10;2*1-2(3)4;4*1-2-3;;;;;;;;/h6*1-5,9-10H;2*2-4H,1H3;4*3H,2H2,1H3;;;;;;;2*1H2. The normalized spacial score (nSPS) is 8.73. The van der Waals surface area contributed by atoms with Gasteiger partial charge in [-0.2, -0.15) is 0 Å². The number of para-hydroxylation sites is 6. The summed E-state index contributed by atoms with van der Waals surface area (Å²) in [6, 6.07) is 39.7. The summed E-state index contributed by atoms with van der Waals surface area (Å²) in [5, 5.41) is 180. The van der Waals surface area contributed by atoms with Crippen LogP contribution in [0.15, 0.2) is 177 Å². The molecule has 0 saturated heterocycles. The van der Waals surface area contributed by atoms with E-state index in [0.29, 0.717) is 33.4 Å². The SMILES string of the molecule is CC(O)O.CC(O)O.CCO.CCO.CCO.CCO.O.O.ON=Cc1ccccc1O.ON=Cc1ccccc1O.ON=Cc1ccccc1O.ON=Cc1ccccc1O.ON=Cc1ccccc1O.ON=Cc1ccccc1O.[Mn].[Mn].[Mn].[Mn].[Mn].[Mn]. The monoisotopic (exact) mass is 1500 g/mol. The molecule has 0 aliphatic rings. The predicted octanol–water partition coefficient (Wildman–Crippen LogP) is 4.17. The molecule has 0 atom stereocenters. The van der Waals surface area contributed by atoms with Gasteiger partial charge in [0.25, 0.3) is 0 Å². The largest absolute Gasteiger partial charge is 0.507 e. The molecule has 6 rings (SSSR count). The van der Waals surface area contributed by atoms with Gasteiger partial charge in [-0.05, 0) is 114 Å². The van der Waals surface area contributed by atoms with E-state index in [-0.39, 0.29) is 174 Å². The number of benzene rings is 6. The van der Waals surface area contributed by atoms with Crippen LogP contribution >= 0.6 is 0 Å². The Morgan fingerprint density at radius 3 is 0.420 bits per heavy atom. The molecule has 0 unspecified atom stereocenters. The van der Waals surface area contributed by atoms with Crippen LogP contribution in [0.4, 0.5) is 0 Å². The number of nitrogens with zero attached hydrogens (tertiary/aromatic N) is 6. The first-order valence-corrected chi connectivity index (χ1v) is 23.1. The van der Waals surface area contributed by atoms with Gasteiger partial charge in [0.2, 0.25) is 0 Å². The van der Waals surface area contributed by atoms with Gasteiger partial charge >= 0.3 is 0 Å². The van der Waals surface area contributed by atoms with Crippen molar-refractivity contribution in [1.29, 1.82) is 0 Å². The van der Waals surface area contributed by atoms with Crippen LogP contribution in [0, 0.1) is 0 Å². The number of phenolic OH excluding ortho intramolecular Hbond substituents is 6. The molecule has 6 radical (unpaired) electrons. The van der Waals surface area contributed by atoms with Crippen molar-refractivity contribution in [2.75, 3.05) is 26.4 Å². The zero-order valence-electron chi connectivity index (χ0n) is 48.2. The first-order chi connectivity index (χ1) is 38.2. The fourth-order valence-electron chi connectivity index (χ4n) is 3.95. The van der Waals surface area contributed by atoms with Crippen LogP contribution < -0.4 is 0 Å². The van der Waals surface area contributed by atoms with Gasteiger partial charge in [0.1, 0.15) is 47.1 Å². The van der Waals surface area contributed by atoms with E-state index in [4.69, 9.17) is 103 Å². The minimum absolute atomic E-state index is 0. The fraction of sp³-hybridized carbons (Fsp3) is 0.222. The van der Waals surface area contributed by atoms with Crippen LogP contribution in [-0.2, 0) is 102 Å². The van der Waals surface area contributed by atoms with E-state index in [1.54, 1.807) is 137 Å². The molecule has 6 aromatic rings. The molecule has 0 saturated carbocycles. The second kappa shape index (κ2) is 89.4. The molecule has 88 heavy (non-hydrogen) atoms. The van der Waals surface area contributed by atoms with Gasteiger partial charge in [-0.3, -0.25) is 0 Å². The van der Waals surface area contributed by atoms with E-state index in [1.807, 2.05) is 0 Å². The summed E-state index contributed by atoms with van der Waals surface area (Å²) in [6.45, 7) is 10.3. The molecular formula is C54H82Mn6N6O22. The average Bonchev–Trinajstić information content (AvgIpc) is 3.40. The zero-order valence-corrected chi connectivity index (χ0v) is 55.3. The topological polar surface area (TPSA) is 542 Å². The number of oxime groups is 6. The summed E-state index contributed by atoms with van der Waals surface area (Å²) in [7, 11) is 0. The molecular weight excluding hydrogens is 1410 g/mol. The maximum Gasteiger partial charge on any atom is 0.148 e. The second-order valence-corrected chi connectivity index (χ2v) is 13.3. The van der Waals surface area contributed by atoms with Crippen molar-refractivity contribution in [2.24, 2.45) is 30.9 Å². The molecule has 0 fully saturated rings. The van der Waals surface area contributed by atoms with E-state index < -0.39 is 12.6 Å². The van der Waals surface area contributed by atoms with Crippen molar-refractivity contribution in [2.45, 2.75) is 54.1 Å². The Bertz CT molecular complexity index is 2100. The Balaban J connectivity index is -0.0000000576. The Kier molecular flexibility index (Phi) is 118. The van der Waals surface area contributed by atoms with Crippen molar-refractivity contribution >= 4 is 37.3 Å². The van der Waals surface area contributed by atoms with Crippen LogP contribution in [0.2, 0.25) is 0 Å². The summed E-state index contributed by atoms with van der Waals surface area (Å²) in [4.78, 5) is 0. The van der Waals surface area contributed by atoms with Gasteiger partial charge in [0, 0.05) is 162 Å². The van der Waals surface area contributed by atoms with Gasteiger partial charge in [-0.15, -0.1) is 0 Å². The third kappa shape index (κ3) is 81.7. The van der Waals surface area contributed by atoms with Gasteiger partial charge in [0.15, 0.2) is 0 Å². The zero-order chi connectivity index (χ0) is 62.4. The summed E-state index contributed by atoms with van der Waals surface area (Å²) in [5.74, 6) is 0.668. The van der Waals surface area contributed by atoms with E-state index in [0.717, 1.165) is 0 Å². The van der Waals surface area contributed by atoms with Crippen molar-refractivity contribution in [3.8, 4) is 34.5 Å². The molecule has 0 amide bonds. The van der Waals surface area contributed by atoms with Crippen molar-refractivity contribution < 1.29 is 216 Å². The third-order valence-electron chi connectivity index (χ3n) is 6.80. The van der Waals surface area contributed by atoms with E-state index in [1.165, 1.54) is 87.5 Å². The average molecular weight is 1500 g/mol. The number of aliphatic hydroxyl groups excluding tert-OH is 6. The summed E-state index contributed by atoms with van der Waals surface area (Å²) >= 11 is 0. The van der Waals surface area contributed by atoms with Gasteiger partial charge in [-0.1, -0.05) is 104 Å². The Morgan fingerprint density at radius 1 is 0.273 bits per heavy atom. The Hall–Kier alpha value is -6.34. The summed E-state index contributed by atoms with van der Waals surface area (Å²) < 4.78 is 0. The quantitative estimate of drug-likeness (QED) is 0.0366. The molecule has 28 nitrogen and oxygen atoms in total. The molecule has 0 heterocycles. The number of aliphatic hydroxyl groups is 8. The van der Waals surface area contributed by atoms with Crippen LogP contribution in [0.5, 0.6) is 34.5 Å². The maximum absolute atomic E-state index is 9.04. The number of rotatable bonds is 6. The molecule has 24 N–H and O–H groups in total. The molecule has 0 aromatic heterocycles. The van der Waals surface area contributed by atoms with E-state index >= 15 is 0 Å². The Labute approximate surface area is 574 Å². The van der Waals surface area contributed by atoms with Crippen LogP contribution in [-0.4, -0.2) is 190 Å². The predicted molar refractivity (Wildman–Crippen MR) is 311 cm³/mol. The van der Waals surface area contributed by atoms with E-state index in [2.05, 4.69) is 30.9 Å². The first-order valence-electron chi connectivity index (χ1n) is 23.1. The molecule has 34 heteroatoms. The van der Waals surface area contributed by atoms with E-state index in [9.17, 15) is 0 Å². The molecule has 6 aromatic carbocycles. The fourth-order valence-corrected chi connectivity index (χ4v) is 3.95. The number of hydrogen-bond acceptors (Lipinski definition) is 26. The van der Waals surface area contributed by atoms with Gasteiger partial charge in [-0.25, -0.2) is 0 Å². The minimum atomic E-state index is -1.17. The number of phenols is 6. The van der Waals surface area contributed by atoms with Crippen LogP contribution in [0.25, 0.3) is 0 Å². The van der Waals surface area contributed by atoms with Crippen LogP contribution in [0.1, 0.15) is 74.9 Å². The molecule has 502 valence electrons. The van der Waals surface area contributed by atoms with Gasteiger partial charge in [0.05, 0.1) is 37.3 Å². The molecule has 0 spiro atoms. The number of aromatic hydroxyl groups is 6. The summed E-state index contributed by atoms with van der Waals surface area (Å²) in [5.41, 5.74) is 3.03. The minimum Gasteiger partial charge on any atom is -0.507 e. The van der Waals surface area contributed by atoms with Crippen molar-refractivity contribution in [3.63, 3.8) is 0 Å². The number of hydrogen-bond donors (Lipinski definition) is 20. The Morgan fingerprint density at radius 2 is 0.352 bits per heavy atom. The van der Waals surface area contributed by atoms with Crippen molar-refractivity contribution in [1.82, 2.24) is 0 Å². The second-order valence-electron chi connectivity index (χ2n) is 13.3. The van der Waals surface area contributed by atoms with Gasteiger partial charge < -0.3 is 114 Å². The molecule has 0 aliphatic heterocycles. The van der Waals surface area contributed by atoms with Crippen molar-refractivity contribution in [3.05, 3.63) is 179 Å². The molecule has 0 bridgehead atoms. The summed E-state index contributed by atoms with van der Waals surface area (Å²) in [6.07, 6.45) is 4.72. The van der Waals surface area contributed by atoms with Crippen LogP contribution in [0.3, 0.4) is 0 Å². The first kappa shape index (κ1) is 116.